The maximum Gasteiger partial charge on any atom is 0.0737 e. The number of aliphatic hydroxyl groups excluding tert-OH is 2. The minimum Gasteiger partial charge on any atom is -0.396 e. The third-order valence-electron chi connectivity index (χ3n) is 2.98. The number of halogens is 1. The Morgan fingerprint density at radius 3 is 2.68 bits per heavy atom. The van der Waals surface area contributed by atoms with Gasteiger partial charge in [0.1, 0.15) is 0 Å². The molecule has 2 aromatic rings. The Kier molecular flexibility index (Phi) is 4.96. The van der Waals surface area contributed by atoms with Crippen molar-refractivity contribution in [2.45, 2.75) is 6.42 Å². The monoisotopic (exact) mass is 280 g/mol. The molecular weight excluding hydrogens is 264 g/mol. The van der Waals surface area contributed by atoms with Crippen molar-refractivity contribution >= 4 is 28.2 Å². The zero-order valence-electron chi connectivity index (χ0n) is 10.6. The van der Waals surface area contributed by atoms with Crippen LogP contribution in [0.5, 0.6) is 0 Å². The molecule has 0 fully saturated rings. The molecule has 2 N–H and O–H groups in total. The fourth-order valence-corrected chi connectivity index (χ4v) is 2.28. The van der Waals surface area contributed by atoms with Gasteiger partial charge in [0.25, 0.3) is 0 Å². The molecule has 4 nitrogen and oxygen atoms in total. The van der Waals surface area contributed by atoms with Gasteiger partial charge in [-0.25, -0.2) is 0 Å². The smallest absolute Gasteiger partial charge is 0.0737 e. The number of pyridine rings is 1. The fourth-order valence-electron chi connectivity index (χ4n) is 2.12. The standard InChI is InChI=1S/C14H17ClN2O2/c15-11-2-3-12-13(10-11)16-5-4-14(12)17(7-9-19)6-1-8-18/h2-5,10,18-19H,1,6-9H2. The van der Waals surface area contributed by atoms with Gasteiger partial charge >= 0.3 is 0 Å². The summed E-state index contributed by atoms with van der Waals surface area (Å²) < 4.78 is 0. The van der Waals surface area contributed by atoms with Gasteiger partial charge in [-0.2, -0.15) is 0 Å². The number of benzene rings is 1. The van der Waals surface area contributed by atoms with Gasteiger partial charge in [-0.1, -0.05) is 11.6 Å². The Labute approximate surface area is 117 Å². The van der Waals surface area contributed by atoms with Crippen LogP contribution in [0.4, 0.5) is 5.69 Å². The highest BCUT2D eigenvalue weighted by molar-refractivity contribution is 6.31. The van der Waals surface area contributed by atoms with Gasteiger partial charge in [0, 0.05) is 42.0 Å². The average Bonchev–Trinajstić information content (AvgIpc) is 2.42. The molecule has 0 amide bonds. The van der Waals surface area contributed by atoms with Crippen molar-refractivity contribution in [3.05, 3.63) is 35.5 Å². The van der Waals surface area contributed by atoms with Crippen molar-refractivity contribution in [3.8, 4) is 0 Å². The number of fused-ring (bicyclic) bond motifs is 1. The Hall–Kier alpha value is -1.36. The van der Waals surface area contributed by atoms with Crippen LogP contribution in [0.25, 0.3) is 10.9 Å². The molecule has 2 rings (SSSR count). The van der Waals surface area contributed by atoms with Crippen LogP contribution in [0.1, 0.15) is 6.42 Å². The second kappa shape index (κ2) is 6.70. The highest BCUT2D eigenvalue weighted by Crippen LogP contribution is 2.27. The number of aromatic nitrogens is 1. The van der Waals surface area contributed by atoms with Crippen molar-refractivity contribution in [1.82, 2.24) is 4.98 Å². The van der Waals surface area contributed by atoms with Crippen LogP contribution in [-0.4, -0.2) is 41.5 Å². The Bertz CT molecular complexity index is 548. The summed E-state index contributed by atoms with van der Waals surface area (Å²) in [7, 11) is 0. The van der Waals surface area contributed by atoms with Crippen molar-refractivity contribution in [2.24, 2.45) is 0 Å². The van der Waals surface area contributed by atoms with Gasteiger partial charge in [0.15, 0.2) is 0 Å². The Balaban J connectivity index is 2.40. The molecule has 0 spiro atoms. The second-order valence-electron chi connectivity index (χ2n) is 4.28. The molecule has 1 aromatic carbocycles. The molecule has 5 heteroatoms. The minimum absolute atomic E-state index is 0.0723. The summed E-state index contributed by atoms with van der Waals surface area (Å²) in [4.78, 5) is 6.35. The lowest BCUT2D eigenvalue weighted by atomic mass is 10.1. The van der Waals surface area contributed by atoms with E-state index in [-0.39, 0.29) is 13.2 Å². The molecule has 19 heavy (non-hydrogen) atoms. The first-order chi connectivity index (χ1) is 9.26. The summed E-state index contributed by atoms with van der Waals surface area (Å²) in [6.45, 7) is 1.43. The number of aliphatic hydroxyl groups is 2. The van der Waals surface area contributed by atoms with Gasteiger partial charge < -0.3 is 15.1 Å². The first kappa shape index (κ1) is 14.1. The third-order valence-corrected chi connectivity index (χ3v) is 3.21. The van der Waals surface area contributed by atoms with Crippen LogP contribution in [0, 0.1) is 0 Å². The van der Waals surface area contributed by atoms with Crippen molar-refractivity contribution < 1.29 is 10.2 Å². The highest BCUT2D eigenvalue weighted by atomic mass is 35.5. The normalized spacial score (nSPS) is 10.9. The predicted molar refractivity (Wildman–Crippen MR) is 77.8 cm³/mol. The van der Waals surface area contributed by atoms with Gasteiger partial charge in [-0.3, -0.25) is 4.98 Å². The van der Waals surface area contributed by atoms with Crippen LogP contribution >= 0.6 is 11.6 Å². The minimum atomic E-state index is 0.0723. The van der Waals surface area contributed by atoms with Crippen LogP contribution in [-0.2, 0) is 0 Å². The fraction of sp³-hybridized carbons (Fsp3) is 0.357. The molecule has 102 valence electrons. The topological polar surface area (TPSA) is 56.6 Å². The summed E-state index contributed by atoms with van der Waals surface area (Å²) in [5, 5.41) is 19.8. The summed E-state index contributed by atoms with van der Waals surface area (Å²) in [5.41, 5.74) is 1.83. The van der Waals surface area contributed by atoms with E-state index in [4.69, 9.17) is 16.7 Å². The van der Waals surface area contributed by atoms with Crippen LogP contribution in [0.2, 0.25) is 5.02 Å². The number of rotatable bonds is 6. The van der Waals surface area contributed by atoms with E-state index in [1.165, 1.54) is 0 Å². The van der Waals surface area contributed by atoms with Gasteiger partial charge in [-0.15, -0.1) is 0 Å². The van der Waals surface area contributed by atoms with E-state index >= 15 is 0 Å². The number of hydrogen-bond acceptors (Lipinski definition) is 4. The maximum absolute atomic E-state index is 9.17. The largest absolute Gasteiger partial charge is 0.396 e. The highest BCUT2D eigenvalue weighted by Gasteiger charge is 2.10. The van der Waals surface area contributed by atoms with Gasteiger partial charge in [0.05, 0.1) is 12.1 Å². The summed E-state index contributed by atoms with van der Waals surface area (Å²) in [6.07, 6.45) is 2.40. The maximum atomic E-state index is 9.17. The second-order valence-corrected chi connectivity index (χ2v) is 4.72. The molecular formula is C14H17ClN2O2. The zero-order chi connectivity index (χ0) is 13.7. The molecule has 0 aliphatic rings. The molecule has 0 bridgehead atoms. The van der Waals surface area contributed by atoms with E-state index in [2.05, 4.69) is 4.98 Å². The van der Waals surface area contributed by atoms with E-state index < -0.39 is 0 Å². The average molecular weight is 281 g/mol. The van der Waals surface area contributed by atoms with Gasteiger partial charge in [0.2, 0.25) is 0 Å². The van der Waals surface area contributed by atoms with Crippen LogP contribution in [0.15, 0.2) is 30.5 Å². The first-order valence-electron chi connectivity index (χ1n) is 6.27. The van der Waals surface area contributed by atoms with Crippen LogP contribution in [0.3, 0.4) is 0 Å². The summed E-state index contributed by atoms with van der Waals surface area (Å²) in [5.74, 6) is 0. The third kappa shape index (κ3) is 3.35. The van der Waals surface area contributed by atoms with Crippen LogP contribution < -0.4 is 4.90 Å². The lowest BCUT2D eigenvalue weighted by molar-refractivity contribution is 0.281. The number of anilines is 1. The summed E-state index contributed by atoms with van der Waals surface area (Å²) >= 11 is 5.97. The molecule has 0 aliphatic carbocycles. The molecule has 0 unspecified atom stereocenters. The van der Waals surface area contributed by atoms with E-state index in [0.29, 0.717) is 24.5 Å². The summed E-state index contributed by atoms with van der Waals surface area (Å²) in [6, 6.07) is 7.51. The molecule has 1 heterocycles. The van der Waals surface area contributed by atoms with Crippen molar-refractivity contribution in [1.29, 1.82) is 0 Å². The molecule has 0 atom stereocenters. The van der Waals surface area contributed by atoms with E-state index in [1.54, 1.807) is 6.20 Å². The zero-order valence-corrected chi connectivity index (χ0v) is 11.3. The Morgan fingerprint density at radius 2 is 1.95 bits per heavy atom. The molecule has 0 saturated heterocycles. The SMILES string of the molecule is OCCCN(CCO)c1ccnc2cc(Cl)ccc12. The Morgan fingerprint density at radius 1 is 1.11 bits per heavy atom. The molecule has 0 saturated carbocycles. The first-order valence-corrected chi connectivity index (χ1v) is 6.65. The van der Waals surface area contributed by atoms with Gasteiger partial charge in [-0.05, 0) is 30.7 Å². The molecule has 1 aromatic heterocycles. The number of nitrogens with zero attached hydrogens (tertiary/aromatic N) is 2. The lowest BCUT2D eigenvalue weighted by Crippen LogP contribution is -2.28. The van der Waals surface area contributed by atoms with E-state index in [1.807, 2.05) is 29.2 Å². The number of hydrogen-bond donors (Lipinski definition) is 2. The lowest BCUT2D eigenvalue weighted by Gasteiger charge is -2.25. The molecule has 0 radical (unpaired) electrons. The van der Waals surface area contributed by atoms with E-state index in [9.17, 15) is 5.11 Å². The molecule has 0 aliphatic heterocycles. The predicted octanol–water partition coefficient (Wildman–Crippen LogP) is 2.07. The quantitative estimate of drug-likeness (QED) is 0.850. The van der Waals surface area contributed by atoms with Crippen molar-refractivity contribution in [2.75, 3.05) is 31.2 Å². The van der Waals surface area contributed by atoms with Crippen molar-refractivity contribution in [3.63, 3.8) is 0 Å². The van der Waals surface area contributed by atoms with E-state index in [0.717, 1.165) is 16.6 Å².